The number of nitrogens with zero attached hydrogens (tertiary/aromatic N) is 2. The standard InChI is InChI=1S/C20H19F3N2O2/c1-13-7-9-15(10-8-13)25-11-14(2)24(12-18(25)26)19(27)16-5-3-4-6-17(16)20(21,22)23/h3-10,14H,11-12H2,1-2H3/t14-/m1/s1. The molecule has 1 aliphatic rings. The first-order chi connectivity index (χ1) is 12.7. The smallest absolute Gasteiger partial charge is 0.325 e. The number of halogens is 3. The normalized spacial score (nSPS) is 18.0. The highest BCUT2D eigenvalue weighted by Crippen LogP contribution is 2.33. The summed E-state index contributed by atoms with van der Waals surface area (Å²) in [6, 6.07) is 11.6. The van der Waals surface area contributed by atoms with Gasteiger partial charge in [0.1, 0.15) is 6.54 Å². The lowest BCUT2D eigenvalue weighted by atomic mass is 10.0. The molecule has 2 aromatic rings. The number of anilines is 1. The molecule has 1 atom stereocenters. The van der Waals surface area contributed by atoms with E-state index in [-0.39, 0.29) is 19.0 Å². The zero-order chi connectivity index (χ0) is 19.8. The van der Waals surface area contributed by atoms with Crippen molar-refractivity contribution in [3.8, 4) is 0 Å². The fourth-order valence-electron chi connectivity index (χ4n) is 3.17. The number of piperazine rings is 1. The Labute approximate surface area is 155 Å². The summed E-state index contributed by atoms with van der Waals surface area (Å²) >= 11 is 0. The summed E-state index contributed by atoms with van der Waals surface area (Å²) in [7, 11) is 0. The van der Waals surface area contributed by atoms with Crippen molar-refractivity contribution in [1.29, 1.82) is 0 Å². The van der Waals surface area contributed by atoms with Crippen LogP contribution < -0.4 is 4.90 Å². The maximum atomic E-state index is 13.2. The third kappa shape index (κ3) is 3.82. The van der Waals surface area contributed by atoms with Gasteiger partial charge in [-0.15, -0.1) is 0 Å². The first kappa shape index (κ1) is 18.9. The van der Waals surface area contributed by atoms with Crippen molar-refractivity contribution in [3.05, 3.63) is 65.2 Å². The Balaban J connectivity index is 1.85. The third-order valence-corrected chi connectivity index (χ3v) is 4.65. The van der Waals surface area contributed by atoms with Crippen LogP contribution in [-0.2, 0) is 11.0 Å². The maximum absolute atomic E-state index is 13.2. The predicted molar refractivity (Wildman–Crippen MR) is 95.5 cm³/mol. The Bertz CT molecular complexity index is 862. The van der Waals surface area contributed by atoms with E-state index in [0.29, 0.717) is 5.69 Å². The summed E-state index contributed by atoms with van der Waals surface area (Å²) in [5.74, 6) is -1.11. The van der Waals surface area contributed by atoms with Gasteiger partial charge in [0.2, 0.25) is 5.91 Å². The average Bonchev–Trinajstić information content (AvgIpc) is 2.63. The zero-order valence-corrected chi connectivity index (χ0v) is 15.0. The van der Waals surface area contributed by atoms with Crippen molar-refractivity contribution in [2.45, 2.75) is 26.1 Å². The van der Waals surface area contributed by atoms with E-state index in [2.05, 4.69) is 0 Å². The van der Waals surface area contributed by atoms with Gasteiger partial charge >= 0.3 is 6.18 Å². The molecule has 2 aromatic carbocycles. The molecule has 0 spiro atoms. The highest BCUT2D eigenvalue weighted by atomic mass is 19.4. The predicted octanol–water partition coefficient (Wildman–Crippen LogP) is 3.89. The molecule has 0 radical (unpaired) electrons. The molecule has 7 heteroatoms. The Morgan fingerprint density at radius 1 is 1.07 bits per heavy atom. The summed E-state index contributed by atoms with van der Waals surface area (Å²) in [5, 5.41) is 0. The van der Waals surface area contributed by atoms with Crippen molar-refractivity contribution in [2.24, 2.45) is 0 Å². The second-order valence-electron chi connectivity index (χ2n) is 6.67. The van der Waals surface area contributed by atoms with Crippen LogP contribution in [0.3, 0.4) is 0 Å². The highest BCUT2D eigenvalue weighted by molar-refractivity contribution is 6.02. The molecule has 142 valence electrons. The van der Waals surface area contributed by atoms with Crippen molar-refractivity contribution < 1.29 is 22.8 Å². The van der Waals surface area contributed by atoms with Gasteiger partial charge in [-0.2, -0.15) is 13.2 Å². The van der Waals surface area contributed by atoms with Gasteiger partial charge in [0.15, 0.2) is 0 Å². The van der Waals surface area contributed by atoms with Gasteiger partial charge in [-0.25, -0.2) is 0 Å². The Kier molecular flexibility index (Phi) is 4.95. The lowest BCUT2D eigenvalue weighted by Crippen LogP contribution is -2.57. The van der Waals surface area contributed by atoms with Crippen LogP contribution in [0.25, 0.3) is 0 Å². The molecule has 2 amide bonds. The quantitative estimate of drug-likeness (QED) is 0.798. The van der Waals surface area contributed by atoms with Crippen molar-refractivity contribution >= 4 is 17.5 Å². The summed E-state index contributed by atoms with van der Waals surface area (Å²) in [5.41, 5.74) is 0.334. The fraction of sp³-hybridized carbons (Fsp3) is 0.300. The molecule has 0 aromatic heterocycles. The number of hydrogen-bond acceptors (Lipinski definition) is 2. The van der Waals surface area contributed by atoms with Crippen molar-refractivity contribution in [2.75, 3.05) is 18.0 Å². The van der Waals surface area contributed by atoms with Crippen LogP contribution in [0, 0.1) is 6.92 Å². The van der Waals surface area contributed by atoms with Crippen molar-refractivity contribution in [3.63, 3.8) is 0 Å². The summed E-state index contributed by atoms with van der Waals surface area (Å²) in [4.78, 5) is 28.1. The molecule has 27 heavy (non-hydrogen) atoms. The van der Waals surface area contributed by atoms with Crippen LogP contribution in [0.5, 0.6) is 0 Å². The lowest BCUT2D eigenvalue weighted by molar-refractivity contribution is -0.138. The van der Waals surface area contributed by atoms with E-state index in [1.54, 1.807) is 11.8 Å². The first-order valence-corrected chi connectivity index (χ1v) is 8.52. The molecule has 1 heterocycles. The van der Waals surface area contributed by atoms with Crippen LogP contribution in [-0.4, -0.2) is 35.8 Å². The van der Waals surface area contributed by atoms with Gasteiger partial charge in [-0.05, 0) is 38.1 Å². The van der Waals surface area contributed by atoms with E-state index < -0.39 is 29.3 Å². The Hall–Kier alpha value is -2.83. The average molecular weight is 376 g/mol. The number of aryl methyl sites for hydroxylation is 1. The van der Waals surface area contributed by atoms with Gasteiger partial charge in [-0.3, -0.25) is 9.59 Å². The minimum atomic E-state index is -4.64. The van der Waals surface area contributed by atoms with Gasteiger partial charge in [0.25, 0.3) is 5.91 Å². The fourth-order valence-corrected chi connectivity index (χ4v) is 3.17. The molecule has 0 bridgehead atoms. The van der Waals surface area contributed by atoms with E-state index in [1.165, 1.54) is 17.0 Å². The highest BCUT2D eigenvalue weighted by Gasteiger charge is 2.39. The SMILES string of the molecule is Cc1ccc(N2C[C@@H](C)N(C(=O)c3ccccc3C(F)(F)F)CC2=O)cc1. The summed E-state index contributed by atoms with van der Waals surface area (Å²) in [6.07, 6.45) is -4.64. The minimum Gasteiger partial charge on any atom is -0.325 e. The Morgan fingerprint density at radius 3 is 2.33 bits per heavy atom. The van der Waals surface area contributed by atoms with Crippen LogP contribution in [0.4, 0.5) is 18.9 Å². The van der Waals surface area contributed by atoms with Gasteiger partial charge in [0.05, 0.1) is 11.1 Å². The molecular formula is C20H19F3N2O2. The van der Waals surface area contributed by atoms with Crippen LogP contribution in [0.1, 0.15) is 28.4 Å². The first-order valence-electron chi connectivity index (χ1n) is 8.52. The summed E-state index contributed by atoms with van der Waals surface area (Å²) < 4.78 is 39.7. The van der Waals surface area contributed by atoms with E-state index in [0.717, 1.165) is 17.7 Å². The molecule has 0 unspecified atom stereocenters. The number of alkyl halides is 3. The molecule has 0 aliphatic carbocycles. The second kappa shape index (κ2) is 7.06. The molecule has 1 fully saturated rings. The molecule has 0 N–H and O–H groups in total. The maximum Gasteiger partial charge on any atom is 0.417 e. The van der Waals surface area contributed by atoms with Gasteiger partial charge < -0.3 is 9.80 Å². The van der Waals surface area contributed by atoms with E-state index in [9.17, 15) is 22.8 Å². The topological polar surface area (TPSA) is 40.6 Å². The van der Waals surface area contributed by atoms with Crippen LogP contribution >= 0.6 is 0 Å². The molecule has 1 aliphatic heterocycles. The molecule has 4 nitrogen and oxygen atoms in total. The second-order valence-corrected chi connectivity index (χ2v) is 6.67. The number of carbonyl (C=O) groups excluding carboxylic acids is 2. The van der Waals surface area contributed by atoms with E-state index in [4.69, 9.17) is 0 Å². The summed E-state index contributed by atoms with van der Waals surface area (Å²) in [6.45, 7) is 3.62. The van der Waals surface area contributed by atoms with Crippen LogP contribution in [0.2, 0.25) is 0 Å². The number of hydrogen-bond donors (Lipinski definition) is 0. The third-order valence-electron chi connectivity index (χ3n) is 4.65. The number of benzene rings is 2. The number of amides is 2. The molecular weight excluding hydrogens is 357 g/mol. The van der Waals surface area contributed by atoms with Gasteiger partial charge in [-0.1, -0.05) is 29.8 Å². The minimum absolute atomic E-state index is 0.224. The number of carbonyl (C=O) groups is 2. The van der Waals surface area contributed by atoms with E-state index in [1.807, 2.05) is 31.2 Å². The lowest BCUT2D eigenvalue weighted by Gasteiger charge is -2.39. The number of rotatable bonds is 2. The van der Waals surface area contributed by atoms with Crippen LogP contribution in [0.15, 0.2) is 48.5 Å². The Morgan fingerprint density at radius 2 is 1.70 bits per heavy atom. The van der Waals surface area contributed by atoms with Crippen molar-refractivity contribution in [1.82, 2.24) is 4.90 Å². The molecule has 1 saturated heterocycles. The molecule has 3 rings (SSSR count). The monoisotopic (exact) mass is 376 g/mol. The zero-order valence-electron chi connectivity index (χ0n) is 15.0. The molecule has 0 saturated carbocycles. The largest absolute Gasteiger partial charge is 0.417 e. The van der Waals surface area contributed by atoms with Gasteiger partial charge in [0, 0.05) is 18.3 Å². The van der Waals surface area contributed by atoms with E-state index >= 15 is 0 Å².